The smallest absolute Gasteiger partial charge is 0.176 e. The van der Waals surface area contributed by atoms with E-state index in [0.29, 0.717) is 6.61 Å². The number of carbonyl (C=O) groups is 1. The number of rotatable bonds is 3. The maximum absolute atomic E-state index is 12.0. The number of ketones is 1. The van der Waals surface area contributed by atoms with Gasteiger partial charge in [-0.3, -0.25) is 4.79 Å². The van der Waals surface area contributed by atoms with Crippen molar-refractivity contribution in [3.05, 3.63) is 65.2 Å². The van der Waals surface area contributed by atoms with E-state index in [4.69, 9.17) is 4.74 Å². The Labute approximate surface area is 125 Å². The molecule has 0 bridgehead atoms. The molecule has 2 aromatic rings. The third-order valence-corrected chi connectivity index (χ3v) is 4.31. The SMILES string of the molecule is O=C1c2cccc(OCc3ccccc3)c2CC1I. The summed E-state index contributed by atoms with van der Waals surface area (Å²) >= 11 is 2.20. The lowest BCUT2D eigenvalue weighted by atomic mass is 10.1. The van der Waals surface area contributed by atoms with Crippen molar-refractivity contribution in [2.45, 2.75) is 17.0 Å². The van der Waals surface area contributed by atoms with E-state index in [2.05, 4.69) is 22.6 Å². The van der Waals surface area contributed by atoms with Gasteiger partial charge in [0, 0.05) is 11.1 Å². The zero-order chi connectivity index (χ0) is 13.2. The number of ether oxygens (including phenoxy) is 1. The summed E-state index contributed by atoms with van der Waals surface area (Å²) in [5.74, 6) is 1.06. The van der Waals surface area contributed by atoms with Gasteiger partial charge in [0.15, 0.2) is 5.78 Å². The van der Waals surface area contributed by atoms with E-state index < -0.39 is 0 Å². The highest BCUT2D eigenvalue weighted by molar-refractivity contribution is 14.1. The molecule has 0 heterocycles. The van der Waals surface area contributed by atoms with E-state index in [9.17, 15) is 4.79 Å². The van der Waals surface area contributed by atoms with Crippen molar-refractivity contribution < 1.29 is 9.53 Å². The fourth-order valence-corrected chi connectivity index (χ4v) is 3.09. The van der Waals surface area contributed by atoms with Crippen LogP contribution in [0, 0.1) is 0 Å². The minimum Gasteiger partial charge on any atom is -0.489 e. The molecule has 1 aliphatic rings. The molecule has 96 valence electrons. The molecule has 1 aliphatic carbocycles. The maximum atomic E-state index is 12.0. The van der Waals surface area contributed by atoms with Gasteiger partial charge in [-0.1, -0.05) is 65.1 Å². The molecule has 0 aromatic heterocycles. The Bertz CT molecular complexity index is 607. The fourth-order valence-electron chi connectivity index (χ4n) is 2.32. The third kappa shape index (κ3) is 2.52. The second-order valence-corrected chi connectivity index (χ2v) is 6.10. The van der Waals surface area contributed by atoms with Crippen LogP contribution in [0.5, 0.6) is 5.75 Å². The zero-order valence-electron chi connectivity index (χ0n) is 10.3. The summed E-state index contributed by atoms with van der Waals surface area (Å²) in [4.78, 5) is 12.0. The van der Waals surface area contributed by atoms with Crippen molar-refractivity contribution in [3.63, 3.8) is 0 Å². The minimum absolute atomic E-state index is 0.0501. The van der Waals surface area contributed by atoms with Crippen molar-refractivity contribution in [2.75, 3.05) is 0 Å². The lowest BCUT2D eigenvalue weighted by Crippen LogP contribution is -2.05. The predicted octanol–water partition coefficient (Wildman–Crippen LogP) is 3.81. The molecule has 19 heavy (non-hydrogen) atoms. The monoisotopic (exact) mass is 364 g/mol. The quantitative estimate of drug-likeness (QED) is 0.612. The van der Waals surface area contributed by atoms with Crippen LogP contribution in [-0.4, -0.2) is 9.71 Å². The largest absolute Gasteiger partial charge is 0.489 e. The average molecular weight is 364 g/mol. The summed E-state index contributed by atoms with van der Waals surface area (Å²) in [5, 5.41) is 0. The molecule has 1 unspecified atom stereocenters. The highest BCUT2D eigenvalue weighted by atomic mass is 127. The number of Topliss-reactive ketones (excluding diaryl/α,β-unsaturated/α-hetero) is 1. The Morgan fingerprint density at radius 1 is 1.11 bits per heavy atom. The fraction of sp³-hybridized carbons (Fsp3) is 0.188. The number of alkyl halides is 1. The third-order valence-electron chi connectivity index (χ3n) is 3.30. The van der Waals surface area contributed by atoms with Crippen LogP contribution < -0.4 is 4.74 Å². The summed E-state index contributed by atoms with van der Waals surface area (Å²) in [6, 6.07) is 15.8. The molecule has 0 N–H and O–H groups in total. The molecule has 0 radical (unpaired) electrons. The Balaban J connectivity index is 1.82. The Morgan fingerprint density at radius 3 is 2.68 bits per heavy atom. The number of fused-ring (bicyclic) bond motifs is 1. The van der Waals surface area contributed by atoms with E-state index in [1.54, 1.807) is 0 Å². The Kier molecular flexibility index (Phi) is 3.55. The molecular formula is C16H13IO2. The topological polar surface area (TPSA) is 26.3 Å². The van der Waals surface area contributed by atoms with Gasteiger partial charge in [0.05, 0.1) is 3.92 Å². The Morgan fingerprint density at radius 2 is 1.89 bits per heavy atom. The van der Waals surface area contributed by atoms with Crippen LogP contribution >= 0.6 is 22.6 Å². The molecule has 1 atom stereocenters. The van der Waals surface area contributed by atoms with Crippen LogP contribution in [-0.2, 0) is 13.0 Å². The molecule has 0 spiro atoms. The summed E-state index contributed by atoms with van der Waals surface area (Å²) in [6.07, 6.45) is 0.777. The molecule has 0 saturated carbocycles. The van der Waals surface area contributed by atoms with Gasteiger partial charge >= 0.3 is 0 Å². The van der Waals surface area contributed by atoms with Crippen molar-refractivity contribution in [2.24, 2.45) is 0 Å². The lowest BCUT2D eigenvalue weighted by molar-refractivity contribution is 0.100. The molecule has 0 saturated heterocycles. The Hall–Kier alpha value is -1.36. The van der Waals surface area contributed by atoms with Gasteiger partial charge in [-0.15, -0.1) is 0 Å². The van der Waals surface area contributed by atoms with Crippen molar-refractivity contribution in [1.29, 1.82) is 0 Å². The first kappa shape index (κ1) is 12.7. The van der Waals surface area contributed by atoms with Crippen LogP contribution in [0.4, 0.5) is 0 Å². The van der Waals surface area contributed by atoms with Crippen LogP contribution in [0.15, 0.2) is 48.5 Å². The zero-order valence-corrected chi connectivity index (χ0v) is 12.5. The van der Waals surface area contributed by atoms with E-state index in [1.165, 1.54) is 0 Å². The molecule has 0 fully saturated rings. The van der Waals surface area contributed by atoms with Crippen LogP contribution in [0.2, 0.25) is 0 Å². The first-order chi connectivity index (χ1) is 9.25. The van der Waals surface area contributed by atoms with Crippen molar-refractivity contribution in [1.82, 2.24) is 0 Å². The second kappa shape index (κ2) is 5.33. The summed E-state index contributed by atoms with van der Waals surface area (Å²) < 4.78 is 5.93. The molecule has 2 nitrogen and oxygen atoms in total. The minimum atomic E-state index is 0.0501. The average Bonchev–Trinajstić information content (AvgIpc) is 2.74. The van der Waals surface area contributed by atoms with Crippen LogP contribution in [0.25, 0.3) is 0 Å². The predicted molar refractivity (Wildman–Crippen MR) is 83.1 cm³/mol. The molecule has 2 aromatic carbocycles. The molecule has 3 rings (SSSR count). The number of hydrogen-bond donors (Lipinski definition) is 0. The number of halogens is 1. The van der Waals surface area contributed by atoms with E-state index >= 15 is 0 Å². The molecule has 0 amide bonds. The highest BCUT2D eigenvalue weighted by Gasteiger charge is 2.30. The molecular weight excluding hydrogens is 351 g/mol. The van der Waals surface area contributed by atoms with Crippen LogP contribution in [0.1, 0.15) is 21.5 Å². The summed E-state index contributed by atoms with van der Waals surface area (Å²) in [7, 11) is 0. The standard InChI is InChI=1S/C16H13IO2/c17-14-9-13-12(16(14)18)7-4-8-15(13)19-10-11-5-2-1-3-6-11/h1-8,14H,9-10H2. The van der Waals surface area contributed by atoms with E-state index in [0.717, 1.165) is 28.9 Å². The van der Waals surface area contributed by atoms with Gasteiger partial charge < -0.3 is 4.74 Å². The van der Waals surface area contributed by atoms with Crippen molar-refractivity contribution >= 4 is 28.4 Å². The van der Waals surface area contributed by atoms with Crippen LogP contribution in [0.3, 0.4) is 0 Å². The second-order valence-electron chi connectivity index (χ2n) is 4.59. The summed E-state index contributed by atoms with van der Waals surface area (Å²) in [5.41, 5.74) is 3.02. The number of hydrogen-bond acceptors (Lipinski definition) is 2. The maximum Gasteiger partial charge on any atom is 0.176 e. The van der Waals surface area contributed by atoms with Gasteiger partial charge in [0.2, 0.25) is 0 Å². The first-order valence-electron chi connectivity index (χ1n) is 6.22. The van der Waals surface area contributed by atoms with E-state index in [-0.39, 0.29) is 9.71 Å². The number of carbonyl (C=O) groups excluding carboxylic acids is 1. The van der Waals surface area contributed by atoms with Gasteiger partial charge in [-0.2, -0.15) is 0 Å². The number of benzene rings is 2. The highest BCUT2D eigenvalue weighted by Crippen LogP contribution is 2.34. The normalized spacial score (nSPS) is 17.3. The van der Waals surface area contributed by atoms with Gasteiger partial charge in [-0.25, -0.2) is 0 Å². The van der Waals surface area contributed by atoms with Gasteiger partial charge in [0.25, 0.3) is 0 Å². The van der Waals surface area contributed by atoms with Gasteiger partial charge in [0.1, 0.15) is 12.4 Å². The van der Waals surface area contributed by atoms with Crippen molar-refractivity contribution in [3.8, 4) is 5.75 Å². The molecule has 3 heteroatoms. The lowest BCUT2D eigenvalue weighted by Gasteiger charge is -2.10. The summed E-state index contributed by atoms with van der Waals surface area (Å²) in [6.45, 7) is 0.539. The van der Waals surface area contributed by atoms with Gasteiger partial charge in [-0.05, 0) is 18.1 Å². The molecule has 0 aliphatic heterocycles. The van der Waals surface area contributed by atoms with E-state index in [1.807, 2.05) is 48.5 Å². The first-order valence-corrected chi connectivity index (χ1v) is 7.47.